The van der Waals surface area contributed by atoms with Crippen LogP contribution in [-0.2, 0) is 4.79 Å². The minimum Gasteiger partial charge on any atom is -0.490 e. The van der Waals surface area contributed by atoms with Crippen LogP contribution in [0.3, 0.4) is 0 Å². The molecule has 4 rings (SSSR count). The first-order chi connectivity index (χ1) is 16.4. The van der Waals surface area contributed by atoms with Crippen LogP contribution in [0.5, 0.6) is 11.5 Å². The Morgan fingerprint density at radius 1 is 1.12 bits per heavy atom. The number of nitrogens with one attached hydrogen (secondary N) is 2. The van der Waals surface area contributed by atoms with E-state index in [0.717, 1.165) is 34.5 Å². The minimum absolute atomic E-state index is 0.200. The van der Waals surface area contributed by atoms with Crippen molar-refractivity contribution in [1.82, 2.24) is 14.8 Å². The number of hydrogen-bond acceptors (Lipinski definition) is 6. The minimum atomic E-state index is -0.483. The van der Waals surface area contributed by atoms with Crippen molar-refractivity contribution in [3.05, 3.63) is 70.7 Å². The molecule has 0 radical (unpaired) electrons. The summed E-state index contributed by atoms with van der Waals surface area (Å²) in [6.07, 6.45) is 2.38. The summed E-state index contributed by atoms with van der Waals surface area (Å²) < 4.78 is 13.5. The fourth-order valence-corrected chi connectivity index (χ4v) is 4.06. The number of hydrogen-bond donors (Lipinski definition) is 2. The number of allylic oxidation sites excluding steroid dienone is 1. The van der Waals surface area contributed by atoms with Gasteiger partial charge in [-0.1, -0.05) is 25.1 Å². The van der Waals surface area contributed by atoms with Crippen LogP contribution in [0.1, 0.15) is 49.9 Å². The topological polar surface area (TPSA) is 90.3 Å². The molecule has 0 fully saturated rings. The van der Waals surface area contributed by atoms with E-state index in [1.165, 1.54) is 6.33 Å². The van der Waals surface area contributed by atoms with E-state index >= 15 is 0 Å². The number of aromatic nitrogens is 3. The standard InChI is InChI=1S/C26H31N5O3/c1-6-13-34-21-12-11-19(14-22(21)33-7-2)24-23(18(5)29-26-27-15-28-31(24)26)25(32)30-20-10-8-9-16(3)17(20)4/h8-12,14-15,24H,6-7,13H2,1-5H3,(H,30,32)(H,27,28,29). The molecule has 1 aromatic heterocycles. The SMILES string of the molecule is CCCOc1ccc(C2C(C(=O)Nc3cccc(C)c3C)=C(C)Nc3ncnn32)cc1OCC. The number of ether oxygens (including phenoxy) is 2. The number of anilines is 2. The van der Waals surface area contributed by atoms with Crippen molar-refractivity contribution < 1.29 is 14.3 Å². The summed E-state index contributed by atoms with van der Waals surface area (Å²) in [6.45, 7) is 11.0. The zero-order chi connectivity index (χ0) is 24.2. The number of rotatable bonds is 8. The van der Waals surface area contributed by atoms with Crippen molar-refractivity contribution in [3.63, 3.8) is 0 Å². The molecule has 2 aromatic carbocycles. The molecule has 2 N–H and O–H groups in total. The summed E-state index contributed by atoms with van der Waals surface area (Å²) in [5.74, 6) is 1.70. The molecule has 1 atom stereocenters. The van der Waals surface area contributed by atoms with Crippen LogP contribution in [0, 0.1) is 13.8 Å². The summed E-state index contributed by atoms with van der Waals surface area (Å²) in [5, 5.41) is 10.7. The number of amides is 1. The number of carbonyl (C=O) groups is 1. The van der Waals surface area contributed by atoms with Crippen molar-refractivity contribution in [2.75, 3.05) is 23.8 Å². The maximum atomic E-state index is 13.6. The third-order valence-electron chi connectivity index (χ3n) is 5.94. The lowest BCUT2D eigenvalue weighted by molar-refractivity contribution is -0.113. The molecule has 3 aromatic rings. The number of fused-ring (bicyclic) bond motifs is 1. The molecule has 2 heterocycles. The zero-order valence-corrected chi connectivity index (χ0v) is 20.3. The number of aryl methyl sites for hydroxylation is 1. The zero-order valence-electron chi connectivity index (χ0n) is 20.3. The van der Waals surface area contributed by atoms with Gasteiger partial charge in [-0.05, 0) is 69.0 Å². The van der Waals surface area contributed by atoms with E-state index in [0.29, 0.717) is 36.2 Å². The molecule has 0 bridgehead atoms. The Morgan fingerprint density at radius 2 is 1.94 bits per heavy atom. The number of benzene rings is 2. The number of nitrogens with zero attached hydrogens (tertiary/aromatic N) is 3. The van der Waals surface area contributed by atoms with Gasteiger partial charge in [-0.2, -0.15) is 10.1 Å². The largest absolute Gasteiger partial charge is 0.490 e. The van der Waals surface area contributed by atoms with Crippen molar-refractivity contribution in [2.45, 2.75) is 47.1 Å². The average Bonchev–Trinajstić information content (AvgIpc) is 3.28. The molecular weight excluding hydrogens is 430 g/mol. The van der Waals surface area contributed by atoms with E-state index in [9.17, 15) is 4.79 Å². The fraction of sp³-hybridized carbons (Fsp3) is 0.346. The van der Waals surface area contributed by atoms with E-state index in [4.69, 9.17) is 9.47 Å². The maximum Gasteiger partial charge on any atom is 0.255 e. The van der Waals surface area contributed by atoms with E-state index < -0.39 is 6.04 Å². The second kappa shape index (κ2) is 9.99. The highest BCUT2D eigenvalue weighted by Gasteiger charge is 2.34. The molecular formula is C26H31N5O3. The van der Waals surface area contributed by atoms with Crippen LogP contribution < -0.4 is 20.1 Å². The highest BCUT2D eigenvalue weighted by molar-refractivity contribution is 6.06. The van der Waals surface area contributed by atoms with Crippen LogP contribution >= 0.6 is 0 Å². The molecule has 0 spiro atoms. The first kappa shape index (κ1) is 23.4. The van der Waals surface area contributed by atoms with E-state index in [2.05, 4.69) is 27.6 Å². The van der Waals surface area contributed by atoms with Crippen molar-refractivity contribution in [1.29, 1.82) is 0 Å². The Balaban J connectivity index is 1.76. The predicted molar refractivity (Wildman–Crippen MR) is 132 cm³/mol. The summed E-state index contributed by atoms with van der Waals surface area (Å²) >= 11 is 0. The highest BCUT2D eigenvalue weighted by Crippen LogP contribution is 2.39. The third-order valence-corrected chi connectivity index (χ3v) is 5.94. The van der Waals surface area contributed by atoms with E-state index in [1.54, 1.807) is 4.68 Å². The molecule has 1 unspecified atom stereocenters. The first-order valence-electron chi connectivity index (χ1n) is 11.6. The lowest BCUT2D eigenvalue weighted by Gasteiger charge is -2.29. The molecule has 1 aliphatic rings. The Morgan fingerprint density at radius 3 is 2.71 bits per heavy atom. The van der Waals surface area contributed by atoms with Gasteiger partial charge in [0.1, 0.15) is 12.4 Å². The van der Waals surface area contributed by atoms with Gasteiger partial charge in [0.05, 0.1) is 18.8 Å². The van der Waals surface area contributed by atoms with Crippen LogP contribution in [-0.4, -0.2) is 33.9 Å². The summed E-state index contributed by atoms with van der Waals surface area (Å²) in [7, 11) is 0. The molecule has 1 amide bonds. The van der Waals surface area contributed by atoms with Crippen LogP contribution in [0.15, 0.2) is 54.0 Å². The van der Waals surface area contributed by atoms with Gasteiger partial charge in [0.2, 0.25) is 5.95 Å². The molecule has 0 aliphatic carbocycles. The lowest BCUT2D eigenvalue weighted by atomic mass is 9.94. The third kappa shape index (κ3) is 4.48. The Hall–Kier alpha value is -3.81. The number of carbonyl (C=O) groups excluding carboxylic acids is 1. The average molecular weight is 462 g/mol. The van der Waals surface area contributed by atoms with Gasteiger partial charge < -0.3 is 20.1 Å². The summed E-state index contributed by atoms with van der Waals surface area (Å²) in [6, 6.07) is 11.2. The Labute approximate surface area is 200 Å². The molecule has 0 saturated heterocycles. The van der Waals surface area contributed by atoms with Gasteiger partial charge in [0, 0.05) is 11.4 Å². The predicted octanol–water partition coefficient (Wildman–Crippen LogP) is 5.01. The van der Waals surface area contributed by atoms with Gasteiger partial charge in [0.25, 0.3) is 5.91 Å². The highest BCUT2D eigenvalue weighted by atomic mass is 16.5. The Bertz CT molecular complexity index is 1230. The van der Waals surface area contributed by atoms with Crippen LogP contribution in [0.2, 0.25) is 0 Å². The molecule has 0 saturated carbocycles. The first-order valence-corrected chi connectivity index (χ1v) is 11.6. The second-order valence-electron chi connectivity index (χ2n) is 8.28. The van der Waals surface area contributed by atoms with Gasteiger partial charge in [-0.25, -0.2) is 4.68 Å². The lowest BCUT2D eigenvalue weighted by Crippen LogP contribution is -2.31. The summed E-state index contributed by atoms with van der Waals surface area (Å²) in [4.78, 5) is 18.0. The van der Waals surface area contributed by atoms with E-state index in [1.807, 2.05) is 64.1 Å². The molecule has 8 nitrogen and oxygen atoms in total. The van der Waals surface area contributed by atoms with Crippen molar-refractivity contribution in [2.24, 2.45) is 0 Å². The Kier molecular flexibility index (Phi) is 6.86. The monoisotopic (exact) mass is 461 g/mol. The van der Waals surface area contributed by atoms with Gasteiger partial charge in [0.15, 0.2) is 11.5 Å². The smallest absolute Gasteiger partial charge is 0.255 e. The van der Waals surface area contributed by atoms with Crippen LogP contribution in [0.4, 0.5) is 11.6 Å². The fourth-order valence-electron chi connectivity index (χ4n) is 4.06. The van der Waals surface area contributed by atoms with Gasteiger partial charge in [-0.3, -0.25) is 4.79 Å². The van der Waals surface area contributed by atoms with Gasteiger partial charge in [-0.15, -0.1) is 0 Å². The van der Waals surface area contributed by atoms with Gasteiger partial charge >= 0.3 is 0 Å². The van der Waals surface area contributed by atoms with E-state index in [-0.39, 0.29) is 5.91 Å². The maximum absolute atomic E-state index is 13.6. The summed E-state index contributed by atoms with van der Waals surface area (Å²) in [5.41, 5.74) is 5.07. The molecule has 1 aliphatic heterocycles. The molecule has 34 heavy (non-hydrogen) atoms. The molecule has 178 valence electrons. The van der Waals surface area contributed by atoms with Crippen molar-refractivity contribution >= 4 is 17.5 Å². The molecule has 8 heteroatoms. The normalized spacial score (nSPS) is 14.9. The van der Waals surface area contributed by atoms with Crippen molar-refractivity contribution in [3.8, 4) is 11.5 Å². The second-order valence-corrected chi connectivity index (χ2v) is 8.28. The van der Waals surface area contributed by atoms with Crippen LogP contribution in [0.25, 0.3) is 0 Å². The quantitative estimate of drug-likeness (QED) is 0.490.